The molecule has 3 aromatic carbocycles. The van der Waals surface area contributed by atoms with Gasteiger partial charge in [-0.15, -0.1) is 5.53 Å². The normalized spacial score (nSPS) is 13.2. The Hall–Kier alpha value is -2.72. The number of fused-ring (bicyclic) bond motifs is 3. The predicted octanol–water partition coefficient (Wildman–Crippen LogP) is 4.73. The zero-order valence-corrected chi connectivity index (χ0v) is 14.6. The maximum absolute atomic E-state index is 6.16. The van der Waals surface area contributed by atoms with Crippen LogP contribution in [0.15, 0.2) is 60.7 Å². The Morgan fingerprint density at radius 2 is 1.68 bits per heavy atom. The fourth-order valence-electron chi connectivity index (χ4n) is 3.25. The van der Waals surface area contributed by atoms with Gasteiger partial charge in [-0.3, -0.25) is 5.01 Å². The molecule has 0 bridgehead atoms. The van der Waals surface area contributed by atoms with Gasteiger partial charge < -0.3 is 10.2 Å². The number of rotatable bonds is 5. The molecule has 0 saturated carbocycles. The number of anilines is 2. The van der Waals surface area contributed by atoms with E-state index in [-0.39, 0.29) is 0 Å². The van der Waals surface area contributed by atoms with Crippen LogP contribution in [0.1, 0.15) is 19.4 Å². The second-order valence-electron chi connectivity index (χ2n) is 6.83. The minimum absolute atomic E-state index is 0.562. The molecule has 0 unspecified atom stereocenters. The lowest BCUT2D eigenvalue weighted by Crippen LogP contribution is -2.38. The first kappa shape index (κ1) is 15.8. The van der Waals surface area contributed by atoms with Gasteiger partial charge in [0.05, 0.1) is 11.4 Å². The summed E-state index contributed by atoms with van der Waals surface area (Å²) in [5, 5.41) is 4.51. The zero-order valence-electron chi connectivity index (χ0n) is 14.6. The monoisotopic (exact) mass is 333 g/mol. The van der Waals surface area contributed by atoms with Crippen LogP contribution in [-0.4, -0.2) is 6.54 Å². The van der Waals surface area contributed by atoms with Gasteiger partial charge in [-0.2, -0.15) is 0 Å². The lowest BCUT2D eigenvalue weighted by molar-refractivity contribution is 0.310. The molecule has 3 aromatic rings. The minimum atomic E-state index is 0.562. The maximum Gasteiger partial charge on any atom is 0.129 e. The second-order valence-corrected chi connectivity index (χ2v) is 6.83. The molecule has 25 heavy (non-hydrogen) atoms. The van der Waals surface area contributed by atoms with Crippen molar-refractivity contribution >= 4 is 22.1 Å². The summed E-state index contributed by atoms with van der Waals surface area (Å²) in [7, 11) is 0. The van der Waals surface area contributed by atoms with Crippen molar-refractivity contribution < 1.29 is 4.74 Å². The van der Waals surface area contributed by atoms with Gasteiger partial charge in [0, 0.05) is 23.4 Å². The third-order valence-corrected chi connectivity index (χ3v) is 4.36. The molecule has 1 heterocycles. The maximum atomic E-state index is 6.16. The fourth-order valence-corrected chi connectivity index (χ4v) is 3.25. The van der Waals surface area contributed by atoms with Crippen LogP contribution in [0.3, 0.4) is 0 Å². The molecule has 2 N–H and O–H groups in total. The van der Waals surface area contributed by atoms with E-state index >= 15 is 0 Å². The van der Waals surface area contributed by atoms with Gasteiger partial charge in [0.25, 0.3) is 0 Å². The number of hydrogen-bond donors (Lipinski definition) is 2. The third-order valence-electron chi connectivity index (χ3n) is 4.36. The summed E-state index contributed by atoms with van der Waals surface area (Å²) in [6, 6.07) is 20.8. The molecule has 128 valence electrons. The highest BCUT2D eigenvalue weighted by atomic mass is 16.5. The molecule has 0 amide bonds. The Bertz CT molecular complexity index is 877. The summed E-state index contributed by atoms with van der Waals surface area (Å²) in [4.78, 5) is 0. The molecule has 0 aliphatic carbocycles. The average molecular weight is 333 g/mol. The summed E-state index contributed by atoms with van der Waals surface area (Å²) in [5.74, 6) is 1.46. The van der Waals surface area contributed by atoms with Crippen molar-refractivity contribution in [3.63, 3.8) is 0 Å². The highest BCUT2D eigenvalue weighted by Gasteiger charge is 2.24. The van der Waals surface area contributed by atoms with Crippen molar-refractivity contribution in [2.75, 3.05) is 17.0 Å². The SMILES string of the molecule is CC(C)CN1NNc2cc(OCc3ccccc3)c3ccccc3c21. The highest BCUT2D eigenvalue weighted by molar-refractivity contribution is 6.05. The highest BCUT2D eigenvalue weighted by Crippen LogP contribution is 2.42. The molecule has 4 heteroatoms. The zero-order chi connectivity index (χ0) is 17.2. The molecule has 0 radical (unpaired) electrons. The summed E-state index contributed by atoms with van der Waals surface area (Å²) >= 11 is 0. The van der Waals surface area contributed by atoms with Crippen molar-refractivity contribution in [1.29, 1.82) is 0 Å². The van der Waals surface area contributed by atoms with Crippen LogP contribution in [0.4, 0.5) is 11.4 Å². The van der Waals surface area contributed by atoms with E-state index in [1.807, 2.05) is 18.2 Å². The van der Waals surface area contributed by atoms with Crippen LogP contribution in [0.25, 0.3) is 10.8 Å². The van der Waals surface area contributed by atoms with E-state index in [2.05, 4.69) is 72.3 Å². The van der Waals surface area contributed by atoms with E-state index in [9.17, 15) is 0 Å². The Morgan fingerprint density at radius 1 is 0.960 bits per heavy atom. The molecule has 0 saturated heterocycles. The molecule has 0 atom stereocenters. The van der Waals surface area contributed by atoms with E-state index in [0.29, 0.717) is 12.5 Å². The van der Waals surface area contributed by atoms with Crippen molar-refractivity contribution in [2.24, 2.45) is 5.92 Å². The molecular formula is C21H23N3O. The molecule has 0 fully saturated rings. The van der Waals surface area contributed by atoms with Crippen molar-refractivity contribution in [3.8, 4) is 5.75 Å². The van der Waals surface area contributed by atoms with Crippen molar-refractivity contribution in [2.45, 2.75) is 20.5 Å². The van der Waals surface area contributed by atoms with Gasteiger partial charge in [0.15, 0.2) is 0 Å². The first-order valence-corrected chi connectivity index (χ1v) is 8.74. The van der Waals surface area contributed by atoms with E-state index in [4.69, 9.17) is 4.74 Å². The summed E-state index contributed by atoms with van der Waals surface area (Å²) < 4.78 is 6.16. The molecular weight excluding hydrogens is 310 g/mol. The largest absolute Gasteiger partial charge is 0.488 e. The summed E-state index contributed by atoms with van der Waals surface area (Å²) in [6.07, 6.45) is 0. The molecule has 4 rings (SSSR count). The Balaban J connectivity index is 1.71. The van der Waals surface area contributed by atoms with Gasteiger partial charge in [0.1, 0.15) is 12.4 Å². The van der Waals surface area contributed by atoms with Crippen LogP contribution >= 0.6 is 0 Å². The quantitative estimate of drug-likeness (QED) is 0.708. The van der Waals surface area contributed by atoms with E-state index < -0.39 is 0 Å². The van der Waals surface area contributed by atoms with Gasteiger partial charge in [-0.1, -0.05) is 68.4 Å². The number of nitrogens with zero attached hydrogens (tertiary/aromatic N) is 1. The van der Waals surface area contributed by atoms with E-state index in [1.54, 1.807) is 0 Å². The molecule has 4 nitrogen and oxygen atoms in total. The van der Waals surface area contributed by atoms with Gasteiger partial charge >= 0.3 is 0 Å². The van der Waals surface area contributed by atoms with Crippen LogP contribution in [0.2, 0.25) is 0 Å². The topological polar surface area (TPSA) is 36.5 Å². The summed E-state index contributed by atoms with van der Waals surface area (Å²) in [5.41, 5.74) is 9.97. The van der Waals surface area contributed by atoms with E-state index in [1.165, 1.54) is 16.6 Å². The fraction of sp³-hybridized carbons (Fsp3) is 0.238. The third kappa shape index (κ3) is 3.13. The first-order valence-electron chi connectivity index (χ1n) is 8.74. The smallest absolute Gasteiger partial charge is 0.129 e. The van der Waals surface area contributed by atoms with Gasteiger partial charge in [-0.05, 0) is 11.5 Å². The average Bonchev–Trinajstić information content (AvgIpc) is 3.03. The number of ether oxygens (including phenoxy) is 1. The second kappa shape index (κ2) is 6.65. The number of benzene rings is 3. The van der Waals surface area contributed by atoms with Gasteiger partial charge in [-0.25, -0.2) is 0 Å². The van der Waals surface area contributed by atoms with E-state index in [0.717, 1.165) is 23.4 Å². The molecule has 0 aromatic heterocycles. The van der Waals surface area contributed by atoms with Crippen LogP contribution < -0.4 is 20.7 Å². The number of hydrogen-bond acceptors (Lipinski definition) is 4. The lowest BCUT2D eigenvalue weighted by Gasteiger charge is -2.21. The predicted molar refractivity (Wildman–Crippen MR) is 104 cm³/mol. The van der Waals surface area contributed by atoms with Crippen LogP contribution in [-0.2, 0) is 6.61 Å². The summed E-state index contributed by atoms with van der Waals surface area (Å²) in [6.45, 7) is 5.94. The molecule has 0 spiro atoms. The van der Waals surface area contributed by atoms with Crippen LogP contribution in [0.5, 0.6) is 5.75 Å². The van der Waals surface area contributed by atoms with Crippen LogP contribution in [0, 0.1) is 5.92 Å². The molecule has 1 aliphatic rings. The van der Waals surface area contributed by atoms with Crippen molar-refractivity contribution in [1.82, 2.24) is 5.53 Å². The first-order chi connectivity index (χ1) is 12.2. The number of hydrazine groups is 2. The Kier molecular flexibility index (Phi) is 4.20. The Labute approximate surface area is 148 Å². The van der Waals surface area contributed by atoms with Crippen molar-refractivity contribution in [3.05, 3.63) is 66.2 Å². The molecule has 1 aliphatic heterocycles. The number of nitrogens with one attached hydrogen (secondary N) is 2. The Morgan fingerprint density at radius 3 is 2.44 bits per heavy atom. The van der Waals surface area contributed by atoms with Gasteiger partial charge in [0.2, 0.25) is 0 Å². The standard InChI is InChI=1S/C21H23N3O/c1-15(2)13-24-21-18-11-7-6-10-17(18)20(12-19(21)22-23-24)25-14-16-8-4-3-5-9-16/h3-12,15,22-23H,13-14H2,1-2H3. The minimum Gasteiger partial charge on any atom is -0.488 e. The lowest BCUT2D eigenvalue weighted by atomic mass is 10.1.